The minimum Gasteiger partial charge on any atom is -0.494 e. The predicted octanol–water partition coefficient (Wildman–Crippen LogP) is 5.20. The Morgan fingerprint density at radius 1 is 1.14 bits per heavy atom. The van der Waals surface area contributed by atoms with Crippen molar-refractivity contribution in [2.75, 3.05) is 26.1 Å². The summed E-state index contributed by atoms with van der Waals surface area (Å²) >= 11 is 1.41. The maximum absolute atomic E-state index is 9.55. The van der Waals surface area contributed by atoms with E-state index in [1.807, 2.05) is 54.8 Å². The summed E-state index contributed by atoms with van der Waals surface area (Å²) < 4.78 is 16.1. The average molecular weight is 407 g/mol. The molecule has 0 amide bonds. The number of methoxy groups -OCH3 is 2. The number of allylic oxidation sites excluding steroid dienone is 1. The highest BCUT2D eigenvalue weighted by molar-refractivity contribution is 7.11. The molecule has 1 aromatic heterocycles. The van der Waals surface area contributed by atoms with Crippen LogP contribution in [0.1, 0.15) is 11.9 Å². The fraction of sp³-hybridized carbons (Fsp3) is 0.182. The van der Waals surface area contributed by atoms with Crippen molar-refractivity contribution < 1.29 is 14.2 Å². The Balaban J connectivity index is 1.78. The minimum atomic E-state index is 0.454. The molecule has 6 nitrogen and oxygen atoms in total. The molecule has 1 N–H and O–H groups in total. The summed E-state index contributed by atoms with van der Waals surface area (Å²) in [4.78, 5) is 4.60. The van der Waals surface area contributed by atoms with Gasteiger partial charge < -0.3 is 19.5 Å². The van der Waals surface area contributed by atoms with E-state index in [9.17, 15) is 5.26 Å². The van der Waals surface area contributed by atoms with Crippen molar-refractivity contribution in [3.05, 3.63) is 59.1 Å². The highest BCUT2D eigenvalue weighted by Crippen LogP contribution is 2.33. The third-order valence-corrected chi connectivity index (χ3v) is 4.96. The number of ether oxygens (including phenoxy) is 3. The Bertz CT molecular complexity index is 1040. The van der Waals surface area contributed by atoms with Crippen LogP contribution in [0, 0.1) is 11.3 Å². The predicted molar refractivity (Wildman–Crippen MR) is 115 cm³/mol. The van der Waals surface area contributed by atoms with Crippen LogP contribution in [-0.4, -0.2) is 25.8 Å². The lowest BCUT2D eigenvalue weighted by Crippen LogP contribution is -1.93. The molecule has 0 fully saturated rings. The topological polar surface area (TPSA) is 76.4 Å². The molecule has 29 heavy (non-hydrogen) atoms. The molecule has 0 saturated heterocycles. The second kappa shape index (κ2) is 9.62. The van der Waals surface area contributed by atoms with Gasteiger partial charge in [0.2, 0.25) is 0 Å². The van der Waals surface area contributed by atoms with E-state index in [2.05, 4.69) is 16.4 Å². The highest BCUT2D eigenvalue weighted by Gasteiger charge is 2.11. The van der Waals surface area contributed by atoms with Gasteiger partial charge in [0.1, 0.15) is 22.4 Å². The van der Waals surface area contributed by atoms with Gasteiger partial charge in [-0.1, -0.05) is 0 Å². The van der Waals surface area contributed by atoms with Crippen LogP contribution in [0.25, 0.3) is 16.8 Å². The first-order valence-electron chi connectivity index (χ1n) is 8.96. The van der Waals surface area contributed by atoms with E-state index in [1.165, 1.54) is 11.3 Å². The smallest absolute Gasteiger partial charge is 0.161 e. The van der Waals surface area contributed by atoms with Crippen LogP contribution < -0.4 is 19.5 Å². The van der Waals surface area contributed by atoms with Gasteiger partial charge in [-0.25, -0.2) is 4.98 Å². The van der Waals surface area contributed by atoms with Crippen molar-refractivity contribution in [3.63, 3.8) is 0 Å². The fourth-order valence-electron chi connectivity index (χ4n) is 2.64. The molecular weight excluding hydrogens is 386 g/mol. The summed E-state index contributed by atoms with van der Waals surface area (Å²) in [7, 11) is 3.19. The summed E-state index contributed by atoms with van der Waals surface area (Å²) in [5.74, 6) is 2.10. The molecule has 0 aliphatic carbocycles. The van der Waals surface area contributed by atoms with Crippen LogP contribution in [0.5, 0.6) is 17.2 Å². The van der Waals surface area contributed by atoms with Gasteiger partial charge in [-0.05, 0) is 49.4 Å². The van der Waals surface area contributed by atoms with E-state index < -0.39 is 0 Å². The Morgan fingerprint density at radius 3 is 2.55 bits per heavy atom. The number of rotatable bonds is 8. The van der Waals surface area contributed by atoms with Crippen LogP contribution in [-0.2, 0) is 0 Å². The van der Waals surface area contributed by atoms with Crippen LogP contribution in [0.3, 0.4) is 0 Å². The number of aromatic nitrogens is 1. The van der Waals surface area contributed by atoms with Crippen LogP contribution >= 0.6 is 11.3 Å². The molecule has 3 aromatic rings. The molecule has 3 rings (SSSR count). The van der Waals surface area contributed by atoms with Crippen molar-refractivity contribution in [2.24, 2.45) is 0 Å². The molecule has 2 aromatic carbocycles. The van der Waals surface area contributed by atoms with Crippen molar-refractivity contribution >= 4 is 22.6 Å². The second-order valence-electron chi connectivity index (χ2n) is 5.88. The van der Waals surface area contributed by atoms with Gasteiger partial charge in [0.25, 0.3) is 0 Å². The number of hydrogen-bond donors (Lipinski definition) is 1. The van der Waals surface area contributed by atoms with E-state index in [-0.39, 0.29) is 0 Å². The molecule has 0 radical (unpaired) electrons. The lowest BCUT2D eigenvalue weighted by atomic mass is 10.1. The number of nitriles is 1. The molecule has 1 heterocycles. The maximum Gasteiger partial charge on any atom is 0.161 e. The van der Waals surface area contributed by atoms with E-state index in [0.717, 1.165) is 22.7 Å². The van der Waals surface area contributed by atoms with Gasteiger partial charge in [0.15, 0.2) is 11.5 Å². The normalized spacial score (nSPS) is 10.9. The zero-order chi connectivity index (χ0) is 20.6. The van der Waals surface area contributed by atoms with Crippen LogP contribution in [0.15, 0.2) is 54.0 Å². The first kappa shape index (κ1) is 20.2. The number of benzene rings is 2. The molecule has 0 atom stereocenters. The molecule has 0 spiro atoms. The van der Waals surface area contributed by atoms with Crippen molar-refractivity contribution in [1.29, 1.82) is 5.26 Å². The Labute approximate surface area is 174 Å². The van der Waals surface area contributed by atoms with Gasteiger partial charge in [-0.2, -0.15) is 5.26 Å². The SMILES string of the molecule is CCOc1ccc(N/C=C(/C#N)c2nc(-c3ccc(OC)c(OC)c3)cs2)cc1. The third-order valence-electron chi connectivity index (χ3n) is 4.08. The van der Waals surface area contributed by atoms with Crippen molar-refractivity contribution in [1.82, 2.24) is 4.98 Å². The molecule has 7 heteroatoms. The van der Waals surface area contributed by atoms with Gasteiger partial charge >= 0.3 is 0 Å². The number of anilines is 1. The Kier molecular flexibility index (Phi) is 6.72. The van der Waals surface area contributed by atoms with E-state index in [4.69, 9.17) is 14.2 Å². The number of nitrogens with one attached hydrogen (secondary N) is 1. The van der Waals surface area contributed by atoms with Gasteiger partial charge in [-0.15, -0.1) is 11.3 Å². The fourth-order valence-corrected chi connectivity index (χ4v) is 3.43. The standard InChI is InChI=1S/C22H21N3O3S/c1-4-28-18-8-6-17(7-9-18)24-13-16(12-23)22-25-19(14-29-22)15-5-10-20(26-2)21(11-15)27-3/h5-11,13-14,24H,4H2,1-3H3/b16-13-. The van der Waals surface area contributed by atoms with Crippen LogP contribution in [0.2, 0.25) is 0 Å². The molecule has 148 valence electrons. The number of hydrogen-bond acceptors (Lipinski definition) is 7. The quantitative estimate of drug-likeness (QED) is 0.517. The first-order chi connectivity index (χ1) is 14.2. The summed E-state index contributed by atoms with van der Waals surface area (Å²) in [5, 5.41) is 15.2. The molecule has 0 unspecified atom stereocenters. The van der Waals surface area contributed by atoms with Crippen molar-refractivity contribution in [2.45, 2.75) is 6.92 Å². The van der Waals surface area contributed by atoms with Gasteiger partial charge in [0, 0.05) is 22.8 Å². The molecule has 0 bridgehead atoms. The largest absolute Gasteiger partial charge is 0.494 e. The summed E-state index contributed by atoms with van der Waals surface area (Å²) in [6.07, 6.45) is 1.66. The minimum absolute atomic E-state index is 0.454. The molecule has 0 aliphatic heterocycles. The summed E-state index contributed by atoms with van der Waals surface area (Å²) in [6, 6.07) is 15.4. The maximum atomic E-state index is 9.55. The van der Waals surface area contributed by atoms with Crippen molar-refractivity contribution in [3.8, 4) is 34.6 Å². The lowest BCUT2D eigenvalue weighted by molar-refractivity contribution is 0.340. The summed E-state index contributed by atoms with van der Waals surface area (Å²) in [6.45, 7) is 2.57. The van der Waals surface area contributed by atoms with E-state index in [0.29, 0.717) is 28.7 Å². The van der Waals surface area contributed by atoms with Gasteiger partial charge in [0.05, 0.1) is 26.5 Å². The number of thiazole rings is 1. The Morgan fingerprint density at radius 2 is 1.90 bits per heavy atom. The zero-order valence-electron chi connectivity index (χ0n) is 16.4. The van der Waals surface area contributed by atoms with Gasteiger partial charge in [-0.3, -0.25) is 0 Å². The summed E-state index contributed by atoms with van der Waals surface area (Å²) in [5.41, 5.74) is 2.98. The van der Waals surface area contributed by atoms with Crippen LogP contribution in [0.4, 0.5) is 5.69 Å². The van der Waals surface area contributed by atoms with E-state index >= 15 is 0 Å². The Hall–Kier alpha value is -3.50. The second-order valence-corrected chi connectivity index (χ2v) is 6.74. The highest BCUT2D eigenvalue weighted by atomic mass is 32.1. The average Bonchev–Trinajstić information content (AvgIpc) is 3.25. The molecule has 0 saturated carbocycles. The molecular formula is C22H21N3O3S. The monoisotopic (exact) mass is 407 g/mol. The number of nitrogens with zero attached hydrogens (tertiary/aromatic N) is 2. The molecule has 0 aliphatic rings. The lowest BCUT2D eigenvalue weighted by Gasteiger charge is -2.08. The third kappa shape index (κ3) is 4.86. The first-order valence-corrected chi connectivity index (χ1v) is 9.84. The zero-order valence-corrected chi connectivity index (χ0v) is 17.2. The van der Waals surface area contributed by atoms with E-state index in [1.54, 1.807) is 20.4 Å².